The topological polar surface area (TPSA) is 81.4 Å². The van der Waals surface area contributed by atoms with E-state index < -0.39 is 5.91 Å². The maximum Gasteiger partial charge on any atom is 0.255 e. The number of benzene rings is 2. The van der Waals surface area contributed by atoms with E-state index in [2.05, 4.69) is 12.2 Å². The number of primary amides is 1. The Hall–Kier alpha value is -2.82. The van der Waals surface area contributed by atoms with Crippen LogP contribution in [0.1, 0.15) is 46.9 Å². The highest BCUT2D eigenvalue weighted by atomic mass is 16.5. The molecule has 5 heteroatoms. The molecule has 2 aromatic carbocycles. The Morgan fingerprint density at radius 3 is 2.46 bits per heavy atom. The van der Waals surface area contributed by atoms with E-state index in [0.717, 1.165) is 25.0 Å². The molecule has 3 N–H and O–H groups in total. The van der Waals surface area contributed by atoms with Crippen LogP contribution in [0.3, 0.4) is 0 Å². The molecular weight excluding hydrogens is 304 g/mol. The van der Waals surface area contributed by atoms with Crippen molar-refractivity contribution < 1.29 is 14.3 Å². The van der Waals surface area contributed by atoms with Gasteiger partial charge in [0, 0.05) is 16.8 Å². The highest BCUT2D eigenvalue weighted by molar-refractivity contribution is 6.05. The zero-order valence-corrected chi connectivity index (χ0v) is 13.7. The Morgan fingerprint density at radius 2 is 1.79 bits per heavy atom. The van der Waals surface area contributed by atoms with E-state index in [1.807, 2.05) is 0 Å². The van der Waals surface area contributed by atoms with Crippen molar-refractivity contribution in [2.45, 2.75) is 26.2 Å². The summed E-state index contributed by atoms with van der Waals surface area (Å²) in [5, 5.41) is 2.75. The number of carbonyl (C=O) groups excluding carboxylic acids is 2. The molecule has 0 heterocycles. The Bertz CT molecular complexity index is 696. The van der Waals surface area contributed by atoms with Crippen molar-refractivity contribution in [3.63, 3.8) is 0 Å². The number of amides is 2. The number of rotatable bonds is 8. The van der Waals surface area contributed by atoms with Gasteiger partial charge in [0.15, 0.2) is 0 Å². The third-order valence-electron chi connectivity index (χ3n) is 3.54. The fourth-order valence-electron chi connectivity index (χ4n) is 2.20. The summed E-state index contributed by atoms with van der Waals surface area (Å²) in [4.78, 5) is 23.4. The van der Waals surface area contributed by atoms with Crippen molar-refractivity contribution in [1.82, 2.24) is 0 Å². The van der Waals surface area contributed by atoms with Gasteiger partial charge in [-0.1, -0.05) is 25.8 Å². The average molecular weight is 326 g/mol. The van der Waals surface area contributed by atoms with Crippen LogP contribution in [0.5, 0.6) is 5.75 Å². The molecule has 126 valence electrons. The minimum absolute atomic E-state index is 0.255. The van der Waals surface area contributed by atoms with Gasteiger partial charge in [-0.2, -0.15) is 0 Å². The zero-order chi connectivity index (χ0) is 17.4. The number of unbranched alkanes of at least 4 members (excludes halogenated alkanes) is 2. The Balaban J connectivity index is 1.95. The fraction of sp³-hybridized carbons (Fsp3) is 0.263. The lowest BCUT2D eigenvalue weighted by molar-refractivity contribution is 0.0996. The standard InChI is InChI=1S/C19H22N2O3/c1-2-3-4-12-24-17-10-8-14(9-11-17)19(23)21-16-7-5-6-15(13-16)18(20)22/h5-11,13H,2-4,12H2,1H3,(H2,20,22)(H,21,23). The molecule has 0 aromatic heterocycles. The van der Waals surface area contributed by atoms with Crippen LogP contribution >= 0.6 is 0 Å². The highest BCUT2D eigenvalue weighted by Gasteiger charge is 2.08. The molecule has 5 nitrogen and oxygen atoms in total. The van der Waals surface area contributed by atoms with Crippen molar-refractivity contribution in [3.05, 3.63) is 59.7 Å². The summed E-state index contributed by atoms with van der Waals surface area (Å²) in [6.45, 7) is 2.83. The second-order valence-corrected chi connectivity index (χ2v) is 5.48. The summed E-state index contributed by atoms with van der Waals surface area (Å²) in [6, 6.07) is 13.5. The molecule has 0 saturated carbocycles. The molecule has 0 unspecified atom stereocenters. The van der Waals surface area contributed by atoms with Crippen molar-refractivity contribution in [2.24, 2.45) is 5.73 Å². The Labute approximate surface area is 141 Å². The minimum atomic E-state index is -0.532. The molecule has 0 radical (unpaired) electrons. The minimum Gasteiger partial charge on any atom is -0.494 e. The van der Waals surface area contributed by atoms with Crippen molar-refractivity contribution in [2.75, 3.05) is 11.9 Å². The number of anilines is 1. The van der Waals surface area contributed by atoms with Crippen molar-refractivity contribution in [3.8, 4) is 5.75 Å². The van der Waals surface area contributed by atoms with Gasteiger partial charge in [0.05, 0.1) is 6.61 Å². The molecule has 0 aliphatic carbocycles. The van der Waals surface area contributed by atoms with E-state index in [1.165, 1.54) is 0 Å². The fourth-order valence-corrected chi connectivity index (χ4v) is 2.20. The molecule has 24 heavy (non-hydrogen) atoms. The van der Waals surface area contributed by atoms with Crippen LogP contribution in [0.25, 0.3) is 0 Å². The van der Waals surface area contributed by atoms with Gasteiger partial charge in [0.25, 0.3) is 5.91 Å². The lowest BCUT2D eigenvalue weighted by Gasteiger charge is -2.08. The van der Waals surface area contributed by atoms with E-state index in [4.69, 9.17) is 10.5 Å². The highest BCUT2D eigenvalue weighted by Crippen LogP contribution is 2.15. The van der Waals surface area contributed by atoms with E-state index in [0.29, 0.717) is 23.4 Å². The average Bonchev–Trinajstić information content (AvgIpc) is 2.59. The second kappa shape index (κ2) is 8.72. The first-order valence-corrected chi connectivity index (χ1v) is 8.04. The largest absolute Gasteiger partial charge is 0.494 e. The van der Waals surface area contributed by atoms with Crippen LogP contribution in [0.4, 0.5) is 5.69 Å². The molecule has 2 amide bonds. The van der Waals surface area contributed by atoms with Crippen LogP contribution in [-0.2, 0) is 0 Å². The predicted molar refractivity (Wildman–Crippen MR) is 94.4 cm³/mol. The van der Waals surface area contributed by atoms with Crippen LogP contribution in [0.2, 0.25) is 0 Å². The van der Waals surface area contributed by atoms with Crippen LogP contribution in [0, 0.1) is 0 Å². The Kier molecular flexibility index (Phi) is 6.37. The summed E-state index contributed by atoms with van der Waals surface area (Å²) in [6.07, 6.45) is 3.32. The number of nitrogens with two attached hydrogens (primary N) is 1. The van der Waals surface area contributed by atoms with Crippen molar-refractivity contribution >= 4 is 17.5 Å². The molecule has 0 spiro atoms. The molecular formula is C19H22N2O3. The number of ether oxygens (including phenoxy) is 1. The van der Waals surface area contributed by atoms with Gasteiger partial charge in [-0.25, -0.2) is 0 Å². The number of carbonyl (C=O) groups is 2. The lowest BCUT2D eigenvalue weighted by Crippen LogP contribution is -2.14. The van der Waals surface area contributed by atoms with E-state index >= 15 is 0 Å². The zero-order valence-electron chi connectivity index (χ0n) is 13.7. The van der Waals surface area contributed by atoms with Gasteiger partial charge < -0.3 is 15.8 Å². The summed E-state index contributed by atoms with van der Waals surface area (Å²) in [5.74, 6) is -0.0387. The molecule has 2 rings (SSSR count). The van der Waals surface area contributed by atoms with Crippen LogP contribution in [0.15, 0.2) is 48.5 Å². The molecule has 0 atom stereocenters. The first kappa shape index (κ1) is 17.5. The summed E-state index contributed by atoms with van der Waals surface area (Å²) >= 11 is 0. The molecule has 0 fully saturated rings. The van der Waals surface area contributed by atoms with Gasteiger partial charge in [-0.15, -0.1) is 0 Å². The lowest BCUT2D eigenvalue weighted by atomic mass is 10.1. The van der Waals surface area contributed by atoms with Crippen molar-refractivity contribution in [1.29, 1.82) is 0 Å². The van der Waals surface area contributed by atoms with E-state index in [1.54, 1.807) is 48.5 Å². The van der Waals surface area contributed by atoms with Gasteiger partial charge in [-0.3, -0.25) is 9.59 Å². The smallest absolute Gasteiger partial charge is 0.255 e. The molecule has 0 saturated heterocycles. The molecule has 0 bridgehead atoms. The first-order valence-electron chi connectivity index (χ1n) is 8.04. The quantitative estimate of drug-likeness (QED) is 0.727. The van der Waals surface area contributed by atoms with Gasteiger partial charge in [0.1, 0.15) is 5.75 Å². The maximum absolute atomic E-state index is 12.2. The molecule has 2 aromatic rings. The maximum atomic E-state index is 12.2. The van der Waals surface area contributed by atoms with Gasteiger partial charge in [-0.05, 0) is 48.9 Å². The van der Waals surface area contributed by atoms with E-state index in [9.17, 15) is 9.59 Å². The number of hydrogen-bond acceptors (Lipinski definition) is 3. The molecule has 0 aliphatic rings. The Morgan fingerprint density at radius 1 is 1.04 bits per heavy atom. The summed E-state index contributed by atoms with van der Waals surface area (Å²) in [5.41, 5.74) is 6.62. The summed E-state index contributed by atoms with van der Waals surface area (Å²) in [7, 11) is 0. The second-order valence-electron chi connectivity index (χ2n) is 5.48. The number of hydrogen-bond donors (Lipinski definition) is 2. The van der Waals surface area contributed by atoms with Gasteiger partial charge >= 0.3 is 0 Å². The SMILES string of the molecule is CCCCCOc1ccc(C(=O)Nc2cccc(C(N)=O)c2)cc1. The van der Waals surface area contributed by atoms with Crippen LogP contribution < -0.4 is 15.8 Å². The predicted octanol–water partition coefficient (Wildman–Crippen LogP) is 3.61. The monoisotopic (exact) mass is 326 g/mol. The summed E-state index contributed by atoms with van der Waals surface area (Å²) < 4.78 is 5.62. The van der Waals surface area contributed by atoms with Gasteiger partial charge in [0.2, 0.25) is 5.91 Å². The number of nitrogens with one attached hydrogen (secondary N) is 1. The first-order chi connectivity index (χ1) is 11.6. The normalized spacial score (nSPS) is 10.2. The third-order valence-corrected chi connectivity index (χ3v) is 3.54. The molecule has 0 aliphatic heterocycles. The third kappa shape index (κ3) is 5.12. The van der Waals surface area contributed by atoms with Crippen LogP contribution in [-0.4, -0.2) is 18.4 Å². The van der Waals surface area contributed by atoms with E-state index in [-0.39, 0.29) is 5.91 Å².